The maximum absolute atomic E-state index is 13.8. The van der Waals surface area contributed by atoms with Crippen molar-refractivity contribution in [3.63, 3.8) is 0 Å². The molecule has 6 aromatic rings. The van der Waals surface area contributed by atoms with Crippen molar-refractivity contribution < 1.29 is 58.0 Å². The Bertz CT molecular complexity index is 2970. The van der Waals surface area contributed by atoms with Crippen LogP contribution in [0.15, 0.2) is 106 Å². The second-order valence-corrected chi connectivity index (χ2v) is 23.5. The molecule has 1 aliphatic carbocycles. The molecule has 21 heteroatoms. The first-order chi connectivity index (χ1) is 38.9. The third-order valence-electron chi connectivity index (χ3n) is 14.0. The van der Waals surface area contributed by atoms with Gasteiger partial charge in [0.2, 0.25) is 0 Å². The van der Waals surface area contributed by atoms with Crippen molar-refractivity contribution in [1.29, 1.82) is 0 Å². The predicted octanol–water partition coefficient (Wildman–Crippen LogP) is 8.40. The molecule has 7 aliphatic rings. The molecule has 6 aromatic carbocycles. The van der Waals surface area contributed by atoms with Gasteiger partial charge >= 0.3 is 19.8 Å². The summed E-state index contributed by atoms with van der Waals surface area (Å²) in [7, 11) is 9.86. The zero-order valence-corrected chi connectivity index (χ0v) is 50.6. The predicted molar refractivity (Wildman–Crippen MR) is 312 cm³/mol. The minimum Gasteiger partial charge on any atom is -0.870 e. The van der Waals surface area contributed by atoms with Gasteiger partial charge in [-0.05, 0) is 174 Å². The number of hydrogen-bond acceptors (Lipinski definition) is 16. The van der Waals surface area contributed by atoms with Crippen LogP contribution in [0.3, 0.4) is 0 Å². The summed E-state index contributed by atoms with van der Waals surface area (Å²) in [6, 6.07) is 27.3. The number of fused-ring (bicyclic) bond motifs is 3. The van der Waals surface area contributed by atoms with Crippen LogP contribution < -0.4 is 58.0 Å². The van der Waals surface area contributed by atoms with E-state index in [-0.39, 0.29) is 90.8 Å². The Morgan fingerprint density at radius 3 is 0.914 bits per heavy atom. The molecule has 13 rings (SSSR count). The number of methoxy groups -OCH3 is 3. The molecule has 6 heterocycles. The van der Waals surface area contributed by atoms with E-state index >= 15 is 0 Å². The van der Waals surface area contributed by atoms with Crippen molar-refractivity contribution in [1.82, 2.24) is 14.3 Å². The van der Waals surface area contributed by atoms with Gasteiger partial charge in [0.25, 0.3) is 6.49 Å². The van der Waals surface area contributed by atoms with Gasteiger partial charge in [0, 0.05) is 21.1 Å². The van der Waals surface area contributed by atoms with E-state index in [1.807, 2.05) is 0 Å². The monoisotopic (exact) mass is 1190 g/mol. The number of para-hydroxylation sites is 3. The molecule has 0 radical (unpaired) electrons. The maximum Gasteiger partial charge on any atom is 3.00 e. The van der Waals surface area contributed by atoms with E-state index in [4.69, 9.17) is 54.4 Å². The SMILES string of the molecule is COc1cc2c3cc1OCCCCOc1cccc(c1[O-])/C=N/N(C)P1(=S)N(C)/N=C/c4cccc(c4[O-])OCCCCOc4cc(c(cc4OC)C3)Cc3cc(OC)c(cc3C2)OCCCCOc2cccc(c2[O-])/C=N/N1C.[Ga+3]. The third kappa shape index (κ3) is 14.0. The summed E-state index contributed by atoms with van der Waals surface area (Å²) in [5.41, 5.74) is 7.06. The largest absolute Gasteiger partial charge is 3.00 e. The van der Waals surface area contributed by atoms with E-state index in [0.29, 0.717) is 112 Å². The molecule has 0 spiro atoms. The molecule has 0 fully saturated rings. The molecule has 0 N–H and O–H groups in total. The van der Waals surface area contributed by atoms with Crippen molar-refractivity contribution in [3.05, 3.63) is 141 Å². The zero-order chi connectivity index (χ0) is 56.2. The topological polar surface area (TPSA) is 199 Å². The van der Waals surface area contributed by atoms with Gasteiger partial charge in [-0.1, -0.05) is 53.6 Å². The van der Waals surface area contributed by atoms with Crippen molar-refractivity contribution >= 4 is 56.7 Å². The van der Waals surface area contributed by atoms with Crippen LogP contribution in [0.5, 0.6) is 69.0 Å². The smallest absolute Gasteiger partial charge is 0.870 e. The summed E-state index contributed by atoms with van der Waals surface area (Å²) < 4.78 is 60.1. The Morgan fingerprint density at radius 2 is 0.654 bits per heavy atom. The summed E-state index contributed by atoms with van der Waals surface area (Å²) in [5, 5.41) is 55.6. The van der Waals surface area contributed by atoms with Crippen molar-refractivity contribution in [2.75, 3.05) is 82.1 Å². The Hall–Kier alpha value is -7.38. The van der Waals surface area contributed by atoms with Gasteiger partial charge in [-0.3, -0.25) is 0 Å². The van der Waals surface area contributed by atoms with E-state index in [2.05, 4.69) is 51.7 Å². The Labute approximate surface area is 491 Å². The fourth-order valence-corrected chi connectivity index (χ4v) is 11.6. The van der Waals surface area contributed by atoms with Crippen LogP contribution in [0.1, 0.15) is 88.6 Å². The molecule has 422 valence electrons. The fraction of sp³-hybridized carbons (Fsp3) is 0.350. The number of nitrogens with zero attached hydrogens (tertiary/aromatic N) is 6. The molecular weight excluding hydrogens is 1130 g/mol. The number of hydrazone groups is 3. The molecule has 0 amide bonds. The van der Waals surface area contributed by atoms with Crippen LogP contribution in [-0.2, 0) is 31.1 Å². The summed E-state index contributed by atoms with van der Waals surface area (Å²) in [6.45, 7) is -1.50. The maximum atomic E-state index is 13.8. The molecule has 0 saturated heterocycles. The molecule has 0 saturated carbocycles. The van der Waals surface area contributed by atoms with Crippen molar-refractivity contribution in [2.24, 2.45) is 15.3 Å². The Morgan fingerprint density at radius 1 is 0.407 bits per heavy atom. The van der Waals surface area contributed by atoms with Gasteiger partial charge in [0.15, 0.2) is 34.5 Å². The molecule has 81 heavy (non-hydrogen) atoms. The average molecular weight is 1200 g/mol. The second-order valence-electron chi connectivity index (χ2n) is 19.3. The summed E-state index contributed by atoms with van der Waals surface area (Å²) >= 11 is 6.42. The van der Waals surface area contributed by atoms with E-state index < -0.39 is 6.49 Å². The molecule has 6 aliphatic heterocycles. The zero-order valence-electron chi connectivity index (χ0n) is 46.5. The standard InChI is InChI=1S/C60H69N6O12PS.Ga/c1-64-61-37-40-16-13-19-49(58(40)67)73-22-7-10-25-76-55-34-46-28-44-32-53(71-5)57-36-48(44)30-45-33-54(72-6)56(35-47(45)29-43(46)31-52(55)70-4)77-26-11-8-23-74-50-20-14-17-41(59(50)68)38-62-65(2)79(64,80)66(3)63-39-42-18-15-21-51(60(42)69)75-24-9-12-27-78-57;/h13-21,31-39,67-69H,7-12,22-30H2,1-6H3;/q;+3/p-3/b61-37+,62-38+,63-39+;. The Balaban J connectivity index is 0.00000860. The van der Waals surface area contributed by atoms with Crippen molar-refractivity contribution in [2.45, 2.75) is 57.8 Å². The molecule has 0 unspecified atom stereocenters. The molecule has 0 aromatic heterocycles. The number of rotatable bonds is 3. The van der Waals surface area contributed by atoms with Crippen LogP contribution >= 0.6 is 6.49 Å². The van der Waals surface area contributed by atoms with Gasteiger partial charge in [-0.2, -0.15) is 15.3 Å². The molecular formula is C60H66GaN6O12PS. The molecule has 0 atom stereocenters. The van der Waals surface area contributed by atoms with Gasteiger partial charge in [0.05, 0.1) is 79.6 Å². The summed E-state index contributed by atoms with van der Waals surface area (Å²) in [4.78, 5) is 0. The van der Waals surface area contributed by atoms with E-state index in [0.717, 1.165) is 33.4 Å². The summed E-state index contributed by atoms with van der Waals surface area (Å²) in [5.74, 6) is 3.02. The van der Waals surface area contributed by atoms with Gasteiger partial charge in [-0.15, -0.1) is 0 Å². The van der Waals surface area contributed by atoms with Crippen LogP contribution in [0, 0.1) is 0 Å². The second kappa shape index (κ2) is 27.9. The van der Waals surface area contributed by atoms with Gasteiger partial charge in [-0.25, -0.2) is 14.3 Å². The third-order valence-corrected chi connectivity index (χ3v) is 18.7. The first kappa shape index (κ1) is 59.7. The van der Waals surface area contributed by atoms with Crippen LogP contribution in [0.2, 0.25) is 0 Å². The minimum absolute atomic E-state index is 0. The number of ether oxygens (including phenoxy) is 9. The first-order valence-electron chi connectivity index (χ1n) is 26.6. The fourth-order valence-electron chi connectivity index (χ4n) is 9.50. The summed E-state index contributed by atoms with van der Waals surface area (Å²) in [6.07, 6.45) is 9.57. The van der Waals surface area contributed by atoms with Crippen molar-refractivity contribution in [3.8, 4) is 69.0 Å². The number of hydrogen-bond donors (Lipinski definition) is 0. The van der Waals surface area contributed by atoms with E-state index in [1.165, 1.54) is 33.0 Å². The Kier molecular flexibility index (Phi) is 20.5. The van der Waals surface area contributed by atoms with Gasteiger partial charge in [0.1, 0.15) is 17.2 Å². The van der Waals surface area contributed by atoms with Gasteiger partial charge < -0.3 is 58.0 Å². The van der Waals surface area contributed by atoms with Crippen LogP contribution in [0.4, 0.5) is 0 Å². The molecule has 16 bridgehead atoms. The minimum atomic E-state index is -3.37. The quantitative estimate of drug-likeness (QED) is 0.121. The van der Waals surface area contributed by atoms with Crippen LogP contribution in [-0.4, -0.2) is 135 Å². The number of benzene rings is 6. The normalized spacial score (nSPS) is 17.3. The van der Waals surface area contributed by atoms with E-state index in [9.17, 15) is 15.3 Å². The first-order valence-corrected chi connectivity index (χ1v) is 29.2. The molecule has 18 nitrogen and oxygen atoms in total. The van der Waals surface area contributed by atoms with Crippen LogP contribution in [0.25, 0.3) is 0 Å². The average Bonchev–Trinajstić information content (AvgIpc) is 3.53. The van der Waals surface area contributed by atoms with E-state index in [1.54, 1.807) is 97.1 Å².